The summed E-state index contributed by atoms with van der Waals surface area (Å²) in [6.45, 7) is 0. The number of hydrogen-bond acceptors (Lipinski definition) is 2. The van der Waals surface area contributed by atoms with E-state index in [9.17, 15) is 0 Å². The van der Waals surface area contributed by atoms with E-state index < -0.39 is 0 Å². The highest BCUT2D eigenvalue weighted by molar-refractivity contribution is 6.07. The van der Waals surface area contributed by atoms with Crippen molar-refractivity contribution in [3.8, 4) is 55.6 Å². The molecule has 0 radical (unpaired) electrons. The Labute approximate surface area is 327 Å². The number of furan rings is 1. The molecule has 0 aliphatic rings. The van der Waals surface area contributed by atoms with Crippen molar-refractivity contribution in [2.24, 2.45) is 0 Å². The summed E-state index contributed by atoms with van der Waals surface area (Å²) in [7, 11) is 0. The molecule has 1 aromatic heterocycles. The monoisotopic (exact) mass is 715 g/mol. The van der Waals surface area contributed by atoms with Gasteiger partial charge in [-0.15, -0.1) is 0 Å². The Bertz CT molecular complexity index is 2810. The number of para-hydroxylation sites is 1. The summed E-state index contributed by atoms with van der Waals surface area (Å²) < 4.78 is 6.47. The molecule has 0 fully saturated rings. The van der Waals surface area contributed by atoms with Crippen molar-refractivity contribution < 1.29 is 4.42 Å². The van der Waals surface area contributed by atoms with E-state index in [4.69, 9.17) is 4.42 Å². The minimum absolute atomic E-state index is 0.878. The third-order valence-corrected chi connectivity index (χ3v) is 10.6. The second-order valence-corrected chi connectivity index (χ2v) is 14.1. The van der Waals surface area contributed by atoms with Crippen LogP contribution in [0.2, 0.25) is 0 Å². The fourth-order valence-corrected chi connectivity index (χ4v) is 8.00. The average molecular weight is 716 g/mol. The molecule has 0 unspecified atom stereocenters. The second-order valence-electron chi connectivity index (χ2n) is 14.1. The lowest BCUT2D eigenvalue weighted by Gasteiger charge is -2.29. The van der Waals surface area contributed by atoms with Crippen molar-refractivity contribution in [2.45, 2.75) is 0 Å². The van der Waals surface area contributed by atoms with Crippen LogP contribution < -0.4 is 4.90 Å². The molecule has 2 nitrogen and oxygen atoms in total. The number of rotatable bonds is 8. The molecule has 0 saturated heterocycles. The first kappa shape index (κ1) is 33.2. The lowest BCUT2D eigenvalue weighted by Crippen LogP contribution is -2.11. The number of benzene rings is 9. The van der Waals surface area contributed by atoms with Crippen LogP contribution in [0.1, 0.15) is 0 Å². The Balaban J connectivity index is 1.26. The number of nitrogens with zero attached hydrogens (tertiary/aromatic N) is 1. The minimum Gasteiger partial charge on any atom is -0.456 e. The number of anilines is 3. The molecule has 0 atom stereocenters. The normalized spacial score (nSPS) is 11.2. The van der Waals surface area contributed by atoms with Crippen LogP contribution in [0.5, 0.6) is 0 Å². The van der Waals surface area contributed by atoms with Crippen molar-refractivity contribution in [2.75, 3.05) is 4.90 Å². The van der Waals surface area contributed by atoms with Crippen LogP contribution in [-0.4, -0.2) is 0 Å². The van der Waals surface area contributed by atoms with Crippen LogP contribution in [0.25, 0.3) is 77.6 Å². The Morgan fingerprint density at radius 3 is 1.25 bits per heavy atom. The highest BCUT2D eigenvalue weighted by Gasteiger charge is 2.22. The first-order valence-corrected chi connectivity index (χ1v) is 19.1. The van der Waals surface area contributed by atoms with Gasteiger partial charge in [0.1, 0.15) is 11.2 Å². The zero-order valence-electron chi connectivity index (χ0n) is 30.7. The van der Waals surface area contributed by atoms with E-state index in [0.717, 1.165) is 83.5 Å². The maximum atomic E-state index is 6.47. The van der Waals surface area contributed by atoms with Gasteiger partial charge in [-0.3, -0.25) is 0 Å². The van der Waals surface area contributed by atoms with Crippen molar-refractivity contribution in [3.05, 3.63) is 224 Å². The third-order valence-electron chi connectivity index (χ3n) is 10.6. The van der Waals surface area contributed by atoms with E-state index in [1.807, 2.05) is 12.1 Å². The molecule has 0 spiro atoms. The van der Waals surface area contributed by atoms with Gasteiger partial charge < -0.3 is 9.32 Å². The van der Waals surface area contributed by atoms with Gasteiger partial charge in [0.15, 0.2) is 0 Å². The molecule has 9 aromatic carbocycles. The van der Waals surface area contributed by atoms with Gasteiger partial charge in [0.25, 0.3) is 0 Å². The topological polar surface area (TPSA) is 16.4 Å². The molecule has 0 saturated carbocycles. The van der Waals surface area contributed by atoms with E-state index >= 15 is 0 Å². The molecule has 0 aliphatic heterocycles. The molecule has 0 N–H and O–H groups in total. The Hall–Kier alpha value is -7.42. The molecule has 56 heavy (non-hydrogen) atoms. The SMILES string of the molecule is c1ccc(-c2cccc(N(c3cccc(-c4ccccc4)c3)c3cc(-c4ccccc4)c(-c4ccc5c(c4)oc4ccccc45)c(-c4ccccc4)c3)c2)cc1. The van der Waals surface area contributed by atoms with Gasteiger partial charge in [0, 0.05) is 27.8 Å². The maximum Gasteiger partial charge on any atom is 0.136 e. The molecule has 10 aromatic rings. The molecular formula is C54H37NO. The van der Waals surface area contributed by atoms with Crippen LogP contribution >= 0.6 is 0 Å². The number of hydrogen-bond donors (Lipinski definition) is 0. The third kappa shape index (κ3) is 6.24. The second kappa shape index (κ2) is 14.4. The van der Waals surface area contributed by atoms with Crippen LogP contribution in [0.15, 0.2) is 229 Å². The molecule has 0 amide bonds. The largest absolute Gasteiger partial charge is 0.456 e. The summed E-state index contributed by atoms with van der Waals surface area (Å²) in [5, 5.41) is 2.24. The minimum atomic E-state index is 0.878. The summed E-state index contributed by atoms with van der Waals surface area (Å²) in [5.41, 5.74) is 16.5. The van der Waals surface area contributed by atoms with E-state index in [1.165, 1.54) is 11.1 Å². The first-order chi connectivity index (χ1) is 27.8. The lowest BCUT2D eigenvalue weighted by molar-refractivity contribution is 0.669. The van der Waals surface area contributed by atoms with Gasteiger partial charge in [-0.2, -0.15) is 0 Å². The van der Waals surface area contributed by atoms with Crippen molar-refractivity contribution >= 4 is 39.0 Å². The molecule has 1 heterocycles. The van der Waals surface area contributed by atoms with Gasteiger partial charge in [0.2, 0.25) is 0 Å². The molecule has 0 bridgehead atoms. The van der Waals surface area contributed by atoms with Gasteiger partial charge in [-0.05, 0) is 110 Å². The van der Waals surface area contributed by atoms with Crippen LogP contribution in [0, 0.1) is 0 Å². The standard InChI is InChI=1S/C54H37NO/c1-5-17-38(18-6-1)42-25-15-27-45(33-42)55(46-28-16-26-43(34-46)39-19-7-2-8-20-39)47-36-50(40-21-9-3-10-22-40)54(51(37-47)41-23-11-4-12-24-41)44-31-32-49-48-29-13-14-30-52(48)56-53(49)35-44/h1-37H. The first-order valence-electron chi connectivity index (χ1n) is 19.1. The zero-order valence-corrected chi connectivity index (χ0v) is 30.7. The van der Waals surface area contributed by atoms with Crippen molar-refractivity contribution in [1.29, 1.82) is 0 Å². The van der Waals surface area contributed by atoms with Gasteiger partial charge >= 0.3 is 0 Å². The molecule has 264 valence electrons. The van der Waals surface area contributed by atoms with Crippen molar-refractivity contribution in [3.63, 3.8) is 0 Å². The van der Waals surface area contributed by atoms with Crippen LogP contribution in [0.3, 0.4) is 0 Å². The van der Waals surface area contributed by atoms with E-state index in [-0.39, 0.29) is 0 Å². The van der Waals surface area contributed by atoms with E-state index in [0.29, 0.717) is 0 Å². The molecular weight excluding hydrogens is 679 g/mol. The van der Waals surface area contributed by atoms with Gasteiger partial charge in [0.05, 0.1) is 0 Å². The van der Waals surface area contributed by atoms with Gasteiger partial charge in [-0.25, -0.2) is 0 Å². The maximum absolute atomic E-state index is 6.47. The van der Waals surface area contributed by atoms with Crippen LogP contribution in [0.4, 0.5) is 17.1 Å². The predicted molar refractivity (Wildman–Crippen MR) is 236 cm³/mol. The Morgan fingerprint density at radius 2 is 0.714 bits per heavy atom. The predicted octanol–water partition coefficient (Wildman–Crippen LogP) is 15.4. The quantitative estimate of drug-likeness (QED) is 0.156. The summed E-state index contributed by atoms with van der Waals surface area (Å²) in [4.78, 5) is 2.41. The number of fused-ring (bicyclic) bond motifs is 3. The van der Waals surface area contributed by atoms with Gasteiger partial charge in [-0.1, -0.05) is 170 Å². The summed E-state index contributed by atoms with van der Waals surface area (Å²) in [6, 6.07) is 80.2. The average Bonchev–Trinajstić information content (AvgIpc) is 3.66. The summed E-state index contributed by atoms with van der Waals surface area (Å²) >= 11 is 0. The zero-order chi connectivity index (χ0) is 37.3. The van der Waals surface area contributed by atoms with Crippen molar-refractivity contribution in [1.82, 2.24) is 0 Å². The van der Waals surface area contributed by atoms with Crippen LogP contribution in [-0.2, 0) is 0 Å². The molecule has 10 rings (SSSR count). The lowest BCUT2D eigenvalue weighted by atomic mass is 9.86. The summed E-state index contributed by atoms with van der Waals surface area (Å²) in [5.74, 6) is 0. The summed E-state index contributed by atoms with van der Waals surface area (Å²) in [6.07, 6.45) is 0. The Morgan fingerprint density at radius 1 is 0.268 bits per heavy atom. The smallest absolute Gasteiger partial charge is 0.136 e. The van der Waals surface area contributed by atoms with E-state index in [2.05, 4.69) is 217 Å². The molecule has 0 aliphatic carbocycles. The Kier molecular flexibility index (Phi) is 8.55. The fraction of sp³-hybridized carbons (Fsp3) is 0. The highest BCUT2D eigenvalue weighted by atomic mass is 16.3. The highest BCUT2D eigenvalue weighted by Crippen LogP contribution is 2.47. The fourth-order valence-electron chi connectivity index (χ4n) is 8.00. The van der Waals surface area contributed by atoms with E-state index in [1.54, 1.807) is 0 Å². The molecule has 2 heteroatoms.